The number of carboxylic acids is 1. The lowest BCUT2D eigenvalue weighted by Gasteiger charge is -2.22. The zero-order valence-corrected chi connectivity index (χ0v) is 17.2. The Morgan fingerprint density at radius 1 is 1.07 bits per heavy atom. The molecule has 8 nitrogen and oxygen atoms in total. The minimum absolute atomic E-state index is 0.0761. The van der Waals surface area contributed by atoms with Crippen molar-refractivity contribution in [3.63, 3.8) is 0 Å². The van der Waals surface area contributed by atoms with Crippen molar-refractivity contribution < 1.29 is 34.2 Å². The van der Waals surface area contributed by atoms with Crippen molar-refractivity contribution in [1.82, 2.24) is 5.32 Å². The van der Waals surface area contributed by atoms with Gasteiger partial charge in [-0.2, -0.15) is 0 Å². The van der Waals surface area contributed by atoms with Crippen molar-refractivity contribution in [2.75, 3.05) is 0 Å². The van der Waals surface area contributed by atoms with Gasteiger partial charge in [0.25, 0.3) is 0 Å². The number of carboxylic acid groups (broad SMARTS) is 1. The van der Waals surface area contributed by atoms with E-state index in [1.54, 1.807) is 32.9 Å². The molecule has 0 fully saturated rings. The number of alkyl carbamates (subject to hydrolysis) is 1. The second kappa shape index (κ2) is 10.1. The molecule has 0 spiro atoms. The molecule has 160 valence electrons. The summed E-state index contributed by atoms with van der Waals surface area (Å²) in [6, 6.07) is 12.7. The summed E-state index contributed by atoms with van der Waals surface area (Å²) in [5.41, 5.74) is 0.727. The smallest absolute Gasteiger partial charge is 0.489 e. The van der Waals surface area contributed by atoms with Crippen molar-refractivity contribution in [2.24, 2.45) is 0 Å². The second-order valence-electron chi connectivity index (χ2n) is 7.76. The first kappa shape index (κ1) is 23.2. The van der Waals surface area contributed by atoms with Crippen molar-refractivity contribution >= 4 is 24.6 Å². The zero-order chi connectivity index (χ0) is 22.3. The first-order chi connectivity index (χ1) is 14.0. The van der Waals surface area contributed by atoms with E-state index in [4.69, 9.17) is 9.47 Å². The molecule has 0 aliphatic heterocycles. The van der Waals surface area contributed by atoms with Gasteiger partial charge in [-0.25, -0.2) is 9.59 Å². The maximum absolute atomic E-state index is 11.9. The van der Waals surface area contributed by atoms with E-state index in [0.29, 0.717) is 5.56 Å². The quantitative estimate of drug-likeness (QED) is 0.481. The minimum Gasteiger partial charge on any atom is -0.489 e. The normalized spacial score (nSPS) is 12.0. The van der Waals surface area contributed by atoms with Crippen LogP contribution in [0.1, 0.15) is 31.9 Å². The molecule has 4 N–H and O–H groups in total. The van der Waals surface area contributed by atoms with E-state index < -0.39 is 30.8 Å². The predicted octanol–water partition coefficient (Wildman–Crippen LogP) is 1.47. The summed E-state index contributed by atoms with van der Waals surface area (Å²) in [4.78, 5) is 23.5. The Morgan fingerprint density at radius 2 is 1.73 bits per heavy atom. The molecule has 0 aliphatic rings. The van der Waals surface area contributed by atoms with Gasteiger partial charge < -0.3 is 29.9 Å². The Labute approximate surface area is 175 Å². The van der Waals surface area contributed by atoms with E-state index in [-0.39, 0.29) is 24.2 Å². The highest BCUT2D eigenvalue weighted by atomic mass is 16.6. The van der Waals surface area contributed by atoms with Crippen LogP contribution in [0.15, 0.2) is 48.5 Å². The van der Waals surface area contributed by atoms with Gasteiger partial charge in [0.2, 0.25) is 0 Å². The average Bonchev–Trinajstić information content (AvgIpc) is 2.65. The largest absolute Gasteiger partial charge is 0.492 e. The molecule has 0 aliphatic carbocycles. The summed E-state index contributed by atoms with van der Waals surface area (Å²) in [5.74, 6) is -0.971. The Hall–Kier alpha value is -3.04. The predicted molar refractivity (Wildman–Crippen MR) is 112 cm³/mol. The van der Waals surface area contributed by atoms with Gasteiger partial charge in [-0.1, -0.05) is 42.5 Å². The number of ether oxygens (including phenoxy) is 2. The summed E-state index contributed by atoms with van der Waals surface area (Å²) in [5, 5.41) is 31.2. The summed E-state index contributed by atoms with van der Waals surface area (Å²) >= 11 is 0. The molecule has 2 aromatic rings. The summed E-state index contributed by atoms with van der Waals surface area (Å²) in [7, 11) is -1.81. The zero-order valence-electron chi connectivity index (χ0n) is 17.2. The Bertz CT molecular complexity index is 865. The average molecular weight is 415 g/mol. The van der Waals surface area contributed by atoms with Crippen LogP contribution in [-0.4, -0.2) is 46.0 Å². The van der Waals surface area contributed by atoms with Gasteiger partial charge in [0, 0.05) is 11.9 Å². The first-order valence-corrected chi connectivity index (χ1v) is 9.43. The molecule has 0 saturated heterocycles. The molecule has 0 bridgehead atoms. The molecular weight excluding hydrogens is 389 g/mol. The lowest BCUT2D eigenvalue weighted by Crippen LogP contribution is -2.44. The number of aliphatic carboxylic acids is 1. The van der Waals surface area contributed by atoms with Crippen LogP contribution >= 0.6 is 0 Å². The molecule has 0 aromatic heterocycles. The van der Waals surface area contributed by atoms with Gasteiger partial charge in [-0.3, -0.25) is 0 Å². The van der Waals surface area contributed by atoms with Gasteiger partial charge >= 0.3 is 19.2 Å². The van der Waals surface area contributed by atoms with E-state index in [9.17, 15) is 24.7 Å². The minimum atomic E-state index is -1.81. The SMILES string of the molecule is CC(C)(C)OC(=O)N[C@@H](Cc1ccc(OCc2ccccc2)c(B(O)O)c1)C(=O)O. The Balaban J connectivity index is 2.13. The molecule has 2 aromatic carbocycles. The molecule has 0 heterocycles. The fourth-order valence-electron chi connectivity index (χ4n) is 2.68. The molecule has 1 atom stereocenters. The summed E-state index contributed by atoms with van der Waals surface area (Å²) in [6.45, 7) is 5.25. The third-order valence-corrected chi connectivity index (χ3v) is 4.02. The van der Waals surface area contributed by atoms with Gasteiger partial charge in [0.15, 0.2) is 0 Å². The molecule has 0 saturated carbocycles. The summed E-state index contributed by atoms with van der Waals surface area (Å²) in [6.07, 6.45) is -0.923. The van der Waals surface area contributed by atoms with Crippen molar-refractivity contribution in [1.29, 1.82) is 0 Å². The lowest BCUT2D eigenvalue weighted by atomic mass is 9.78. The number of hydrogen-bond donors (Lipinski definition) is 4. The Kier molecular flexibility index (Phi) is 7.85. The van der Waals surface area contributed by atoms with Crippen LogP contribution in [0.5, 0.6) is 5.75 Å². The van der Waals surface area contributed by atoms with Crippen LogP contribution < -0.4 is 15.5 Å². The van der Waals surface area contributed by atoms with E-state index in [2.05, 4.69) is 5.32 Å². The number of nitrogens with one attached hydrogen (secondary N) is 1. The number of carbonyl (C=O) groups is 2. The third kappa shape index (κ3) is 7.42. The number of benzene rings is 2. The van der Waals surface area contributed by atoms with E-state index in [0.717, 1.165) is 5.56 Å². The number of hydrogen-bond acceptors (Lipinski definition) is 6. The van der Waals surface area contributed by atoms with Gasteiger partial charge in [-0.15, -0.1) is 0 Å². The topological polar surface area (TPSA) is 125 Å². The van der Waals surface area contributed by atoms with Crippen molar-refractivity contribution in [3.8, 4) is 5.75 Å². The van der Waals surface area contributed by atoms with Gasteiger partial charge in [-0.05, 0) is 38.0 Å². The molecule has 0 unspecified atom stereocenters. The van der Waals surface area contributed by atoms with E-state index in [1.807, 2.05) is 30.3 Å². The highest BCUT2D eigenvalue weighted by molar-refractivity contribution is 6.59. The van der Waals surface area contributed by atoms with Gasteiger partial charge in [0.05, 0.1) is 0 Å². The number of rotatable bonds is 8. The molecule has 0 radical (unpaired) electrons. The maximum atomic E-state index is 11.9. The Morgan fingerprint density at radius 3 is 2.30 bits per heavy atom. The van der Waals surface area contributed by atoms with Crippen molar-refractivity contribution in [2.45, 2.75) is 45.4 Å². The fourth-order valence-corrected chi connectivity index (χ4v) is 2.68. The van der Waals surface area contributed by atoms with Crippen LogP contribution in [0.2, 0.25) is 0 Å². The van der Waals surface area contributed by atoms with E-state index in [1.165, 1.54) is 6.07 Å². The molecule has 1 amide bonds. The maximum Gasteiger partial charge on any atom is 0.492 e. The van der Waals surface area contributed by atoms with E-state index >= 15 is 0 Å². The van der Waals surface area contributed by atoms with Crippen LogP contribution in [-0.2, 0) is 22.6 Å². The first-order valence-electron chi connectivity index (χ1n) is 9.43. The highest BCUT2D eigenvalue weighted by Gasteiger charge is 2.25. The molecule has 2 rings (SSSR count). The van der Waals surface area contributed by atoms with Crippen molar-refractivity contribution in [3.05, 3.63) is 59.7 Å². The van der Waals surface area contributed by atoms with Crippen LogP contribution in [0.3, 0.4) is 0 Å². The second-order valence-corrected chi connectivity index (χ2v) is 7.76. The van der Waals surface area contributed by atoms with Crippen LogP contribution in [0.4, 0.5) is 4.79 Å². The summed E-state index contributed by atoms with van der Waals surface area (Å²) < 4.78 is 10.8. The lowest BCUT2D eigenvalue weighted by molar-refractivity contribution is -0.139. The highest BCUT2D eigenvalue weighted by Crippen LogP contribution is 2.15. The third-order valence-electron chi connectivity index (χ3n) is 4.02. The number of amides is 1. The molecular formula is C21H26BNO7. The molecule has 30 heavy (non-hydrogen) atoms. The number of carbonyl (C=O) groups excluding carboxylic acids is 1. The standard InChI is InChI=1S/C21H26BNO7/c1-21(2,3)30-20(26)23-17(19(24)25)12-15-9-10-18(16(11-15)22(27)28)29-13-14-7-5-4-6-8-14/h4-11,17,27-28H,12-13H2,1-3H3,(H,23,26)(H,24,25)/t17-/m0/s1. The van der Waals surface area contributed by atoms with Gasteiger partial charge in [0.1, 0.15) is 24.0 Å². The van der Waals surface area contributed by atoms with Crippen LogP contribution in [0, 0.1) is 0 Å². The monoisotopic (exact) mass is 415 g/mol. The molecule has 9 heteroatoms. The fraction of sp³-hybridized carbons (Fsp3) is 0.333. The van der Waals surface area contributed by atoms with Crippen LogP contribution in [0.25, 0.3) is 0 Å².